The van der Waals surface area contributed by atoms with Crippen LogP contribution in [0.2, 0.25) is 0 Å². The zero-order valence-electron chi connectivity index (χ0n) is 9.23. The summed E-state index contributed by atoms with van der Waals surface area (Å²) in [5.41, 5.74) is 6.01. The van der Waals surface area contributed by atoms with Gasteiger partial charge < -0.3 is 5.73 Å². The van der Waals surface area contributed by atoms with Crippen LogP contribution in [0.15, 0.2) is 12.1 Å². The highest BCUT2D eigenvalue weighted by atomic mass is 19.2. The predicted molar refractivity (Wildman–Crippen MR) is 55.4 cm³/mol. The maximum absolute atomic E-state index is 13.1. The first-order valence-electron chi connectivity index (χ1n) is 5.24. The Bertz CT molecular complexity index is 405. The fourth-order valence-electron chi connectivity index (χ4n) is 2.60. The second-order valence-electron chi connectivity index (χ2n) is 4.94. The second-order valence-corrected chi connectivity index (χ2v) is 4.94. The average Bonchev–Trinajstić information content (AvgIpc) is 2.76. The molecule has 88 valence electrons. The van der Waals surface area contributed by atoms with E-state index in [1.54, 1.807) is 0 Å². The molecule has 1 fully saturated rings. The van der Waals surface area contributed by atoms with Gasteiger partial charge in [0, 0.05) is 0 Å². The Morgan fingerprint density at radius 3 is 2.06 bits per heavy atom. The van der Waals surface area contributed by atoms with E-state index in [0.29, 0.717) is 12.1 Å². The Hall–Kier alpha value is -1.03. The van der Waals surface area contributed by atoms with Crippen molar-refractivity contribution in [3.8, 4) is 0 Å². The Labute approximate surface area is 92.5 Å². The van der Waals surface area contributed by atoms with E-state index in [1.165, 1.54) is 0 Å². The summed E-state index contributed by atoms with van der Waals surface area (Å²) >= 11 is 0. The van der Waals surface area contributed by atoms with E-state index < -0.39 is 17.5 Å². The van der Waals surface area contributed by atoms with Crippen LogP contribution >= 0.6 is 0 Å². The van der Waals surface area contributed by atoms with Crippen molar-refractivity contribution in [3.63, 3.8) is 0 Å². The summed E-state index contributed by atoms with van der Waals surface area (Å²) in [6, 6.07) is 2.14. The molecule has 0 heterocycles. The third-order valence-corrected chi connectivity index (χ3v) is 3.67. The monoisotopic (exact) mass is 229 g/mol. The van der Waals surface area contributed by atoms with Crippen LogP contribution in [0.25, 0.3) is 0 Å². The predicted octanol–water partition coefficient (Wildman–Crippen LogP) is 2.80. The maximum Gasteiger partial charge on any atom is 0.194 e. The largest absolute Gasteiger partial charge is 0.330 e. The van der Waals surface area contributed by atoms with E-state index in [4.69, 9.17) is 5.73 Å². The Morgan fingerprint density at radius 1 is 1.19 bits per heavy atom. The molecule has 0 saturated heterocycles. The number of hydrogen-bond acceptors (Lipinski definition) is 1. The van der Waals surface area contributed by atoms with Crippen LogP contribution in [-0.4, -0.2) is 6.54 Å². The molecule has 1 aromatic carbocycles. The molecule has 2 atom stereocenters. The van der Waals surface area contributed by atoms with Crippen LogP contribution < -0.4 is 5.73 Å². The summed E-state index contributed by atoms with van der Waals surface area (Å²) in [5, 5.41) is 0. The van der Waals surface area contributed by atoms with Crippen LogP contribution in [0.5, 0.6) is 0 Å². The highest BCUT2D eigenvalue weighted by molar-refractivity contribution is 5.33. The molecule has 1 aromatic rings. The molecule has 16 heavy (non-hydrogen) atoms. The molecular formula is C12H14F3N. The zero-order valence-corrected chi connectivity index (χ0v) is 9.23. The van der Waals surface area contributed by atoms with E-state index in [0.717, 1.165) is 12.1 Å². The average molecular weight is 229 g/mol. The molecule has 1 aliphatic rings. The van der Waals surface area contributed by atoms with Crippen LogP contribution in [0.4, 0.5) is 13.2 Å². The summed E-state index contributed by atoms with van der Waals surface area (Å²) in [6.45, 7) is 4.46. The van der Waals surface area contributed by atoms with Gasteiger partial charge in [0.15, 0.2) is 17.5 Å². The summed E-state index contributed by atoms with van der Waals surface area (Å²) < 4.78 is 38.9. The molecule has 1 nitrogen and oxygen atoms in total. The first-order valence-corrected chi connectivity index (χ1v) is 5.24. The number of halogens is 3. The molecule has 0 radical (unpaired) electrons. The van der Waals surface area contributed by atoms with Crippen LogP contribution in [0.1, 0.15) is 25.3 Å². The minimum absolute atomic E-state index is 0.0158. The normalized spacial score (nSPS) is 26.9. The molecule has 0 aromatic heterocycles. The fraction of sp³-hybridized carbons (Fsp3) is 0.500. The van der Waals surface area contributed by atoms with E-state index in [9.17, 15) is 13.2 Å². The molecule has 2 rings (SSSR count). The molecule has 0 aliphatic heterocycles. The Morgan fingerprint density at radius 2 is 1.69 bits per heavy atom. The molecule has 0 amide bonds. The second kappa shape index (κ2) is 3.48. The third kappa shape index (κ3) is 1.52. The molecule has 1 saturated carbocycles. The lowest BCUT2D eigenvalue weighted by molar-refractivity contribution is 0.444. The highest BCUT2D eigenvalue weighted by Gasteiger charge is 2.57. The van der Waals surface area contributed by atoms with Gasteiger partial charge in [-0.05, 0) is 41.5 Å². The molecular weight excluding hydrogens is 215 g/mol. The van der Waals surface area contributed by atoms with Gasteiger partial charge in [0.1, 0.15) is 0 Å². The molecule has 0 unspecified atom stereocenters. The minimum Gasteiger partial charge on any atom is -0.330 e. The molecule has 0 spiro atoms. The van der Waals surface area contributed by atoms with Gasteiger partial charge in [-0.1, -0.05) is 13.8 Å². The van der Waals surface area contributed by atoms with Crippen molar-refractivity contribution in [1.82, 2.24) is 0 Å². The van der Waals surface area contributed by atoms with E-state index in [-0.39, 0.29) is 17.3 Å². The van der Waals surface area contributed by atoms with Gasteiger partial charge in [0.25, 0.3) is 0 Å². The van der Waals surface area contributed by atoms with Crippen LogP contribution in [-0.2, 0) is 0 Å². The van der Waals surface area contributed by atoms with E-state index >= 15 is 0 Å². The van der Waals surface area contributed by atoms with Gasteiger partial charge in [-0.25, -0.2) is 13.2 Å². The number of rotatable bonds is 2. The van der Waals surface area contributed by atoms with Crippen molar-refractivity contribution in [2.75, 3.05) is 6.54 Å². The Kier molecular flexibility index (Phi) is 2.49. The maximum atomic E-state index is 13.1. The van der Waals surface area contributed by atoms with Crippen LogP contribution in [0.3, 0.4) is 0 Å². The van der Waals surface area contributed by atoms with Gasteiger partial charge >= 0.3 is 0 Å². The lowest BCUT2D eigenvalue weighted by Crippen LogP contribution is -2.05. The standard InChI is InChI=1S/C12H14F3N/c1-12(2)7(5-16)10(12)6-3-8(13)11(15)9(14)4-6/h3-4,7,10H,5,16H2,1-2H3/t7-,10-/m1/s1. The van der Waals surface area contributed by atoms with Crippen molar-refractivity contribution in [2.45, 2.75) is 19.8 Å². The van der Waals surface area contributed by atoms with E-state index in [1.807, 2.05) is 13.8 Å². The molecule has 4 heteroatoms. The van der Waals surface area contributed by atoms with Crippen molar-refractivity contribution in [3.05, 3.63) is 35.1 Å². The zero-order chi connectivity index (χ0) is 12.1. The topological polar surface area (TPSA) is 26.0 Å². The van der Waals surface area contributed by atoms with Gasteiger partial charge in [-0.15, -0.1) is 0 Å². The van der Waals surface area contributed by atoms with Crippen molar-refractivity contribution < 1.29 is 13.2 Å². The third-order valence-electron chi connectivity index (χ3n) is 3.67. The quantitative estimate of drug-likeness (QED) is 0.775. The first kappa shape index (κ1) is 11.5. The van der Waals surface area contributed by atoms with Gasteiger partial charge in [0.05, 0.1) is 0 Å². The van der Waals surface area contributed by atoms with Crippen molar-refractivity contribution >= 4 is 0 Å². The van der Waals surface area contributed by atoms with Gasteiger partial charge in [-0.2, -0.15) is 0 Å². The molecule has 2 N–H and O–H groups in total. The van der Waals surface area contributed by atoms with Crippen molar-refractivity contribution in [2.24, 2.45) is 17.1 Å². The Balaban J connectivity index is 2.37. The minimum atomic E-state index is -1.41. The number of benzene rings is 1. The van der Waals surface area contributed by atoms with Crippen molar-refractivity contribution in [1.29, 1.82) is 0 Å². The lowest BCUT2D eigenvalue weighted by Gasteiger charge is -2.04. The van der Waals surface area contributed by atoms with Gasteiger partial charge in [-0.3, -0.25) is 0 Å². The fourth-order valence-corrected chi connectivity index (χ4v) is 2.60. The number of hydrogen-bond donors (Lipinski definition) is 1. The summed E-state index contributed by atoms with van der Waals surface area (Å²) in [4.78, 5) is 0. The lowest BCUT2D eigenvalue weighted by atomic mass is 10.0. The van der Waals surface area contributed by atoms with Gasteiger partial charge in [0.2, 0.25) is 0 Å². The van der Waals surface area contributed by atoms with E-state index in [2.05, 4.69) is 0 Å². The highest BCUT2D eigenvalue weighted by Crippen LogP contribution is 2.63. The first-order chi connectivity index (χ1) is 7.39. The summed E-state index contributed by atoms with van der Waals surface area (Å²) in [7, 11) is 0. The number of nitrogens with two attached hydrogens (primary N) is 1. The molecule has 1 aliphatic carbocycles. The summed E-state index contributed by atoms with van der Waals surface area (Å²) in [6.07, 6.45) is 0. The van der Waals surface area contributed by atoms with Crippen LogP contribution in [0, 0.1) is 28.8 Å². The smallest absolute Gasteiger partial charge is 0.194 e. The SMILES string of the molecule is CC1(C)[C@H](CN)[C@H]1c1cc(F)c(F)c(F)c1. The molecule has 0 bridgehead atoms. The summed E-state index contributed by atoms with van der Waals surface area (Å²) in [5.74, 6) is -3.45.